The summed E-state index contributed by atoms with van der Waals surface area (Å²) in [5, 5.41) is 2.58. The number of anilines is 2. The maximum absolute atomic E-state index is 12.4. The summed E-state index contributed by atoms with van der Waals surface area (Å²) in [6.45, 7) is 0.171. The van der Waals surface area contributed by atoms with E-state index in [0.717, 1.165) is 5.56 Å². The number of carbonyl (C=O) groups is 2. The highest BCUT2D eigenvalue weighted by Crippen LogP contribution is 2.29. The fourth-order valence-electron chi connectivity index (χ4n) is 2.41. The van der Waals surface area contributed by atoms with Crippen LogP contribution in [0.15, 0.2) is 16.6 Å². The molecular formula is C14H15BrF3N3O2. The molecule has 0 aliphatic carbocycles. The molecule has 23 heavy (non-hydrogen) atoms. The van der Waals surface area contributed by atoms with Crippen LogP contribution in [0, 0.1) is 12.8 Å². The second kappa shape index (κ2) is 6.38. The Bertz CT molecular complexity index is 649. The summed E-state index contributed by atoms with van der Waals surface area (Å²) in [7, 11) is 0. The van der Waals surface area contributed by atoms with E-state index >= 15 is 0 Å². The van der Waals surface area contributed by atoms with Crippen LogP contribution in [0.5, 0.6) is 0 Å². The first-order valence-electron chi connectivity index (χ1n) is 6.78. The average molecular weight is 394 g/mol. The zero-order valence-electron chi connectivity index (χ0n) is 12.2. The predicted molar refractivity (Wildman–Crippen MR) is 82.7 cm³/mol. The fraction of sp³-hybridized carbons (Fsp3) is 0.429. The molecule has 1 aliphatic heterocycles. The largest absolute Gasteiger partial charge is 0.406 e. The Labute approximate surface area is 139 Å². The van der Waals surface area contributed by atoms with Crippen molar-refractivity contribution in [3.63, 3.8) is 0 Å². The molecule has 2 rings (SSSR count). The van der Waals surface area contributed by atoms with Crippen LogP contribution < -0.4 is 11.1 Å². The Morgan fingerprint density at radius 3 is 2.74 bits per heavy atom. The summed E-state index contributed by atoms with van der Waals surface area (Å²) in [6.07, 6.45) is -4.72. The van der Waals surface area contributed by atoms with Crippen molar-refractivity contribution >= 4 is 39.1 Å². The average Bonchev–Trinajstić information content (AvgIpc) is 2.75. The minimum Gasteiger partial charge on any atom is -0.397 e. The molecule has 1 fully saturated rings. The number of hydrogen-bond acceptors (Lipinski definition) is 3. The summed E-state index contributed by atoms with van der Waals surface area (Å²) < 4.78 is 37.9. The SMILES string of the molecule is Cc1cc(Br)cc(NC(=O)C2CC(=O)N(CC(F)(F)F)C2)c1N. The van der Waals surface area contributed by atoms with Gasteiger partial charge in [0, 0.05) is 17.4 Å². The van der Waals surface area contributed by atoms with E-state index in [4.69, 9.17) is 5.73 Å². The number of amides is 2. The van der Waals surface area contributed by atoms with Gasteiger partial charge in [0.05, 0.1) is 17.3 Å². The zero-order chi connectivity index (χ0) is 17.4. The van der Waals surface area contributed by atoms with Crippen molar-refractivity contribution < 1.29 is 22.8 Å². The lowest BCUT2D eigenvalue weighted by molar-refractivity contribution is -0.157. The third kappa shape index (κ3) is 4.37. The van der Waals surface area contributed by atoms with Gasteiger partial charge < -0.3 is 16.0 Å². The van der Waals surface area contributed by atoms with E-state index in [2.05, 4.69) is 21.2 Å². The van der Waals surface area contributed by atoms with E-state index < -0.39 is 30.5 Å². The van der Waals surface area contributed by atoms with E-state index in [9.17, 15) is 22.8 Å². The van der Waals surface area contributed by atoms with Crippen molar-refractivity contribution in [2.75, 3.05) is 24.1 Å². The van der Waals surface area contributed by atoms with Crippen LogP contribution in [0.4, 0.5) is 24.5 Å². The molecule has 1 aromatic carbocycles. The van der Waals surface area contributed by atoms with Gasteiger partial charge in [-0.05, 0) is 24.6 Å². The maximum Gasteiger partial charge on any atom is 0.406 e. The van der Waals surface area contributed by atoms with Gasteiger partial charge >= 0.3 is 6.18 Å². The number of nitrogens with one attached hydrogen (secondary N) is 1. The van der Waals surface area contributed by atoms with E-state index in [1.54, 1.807) is 19.1 Å². The lowest BCUT2D eigenvalue weighted by Gasteiger charge is -2.18. The van der Waals surface area contributed by atoms with Gasteiger partial charge in [0.2, 0.25) is 11.8 Å². The van der Waals surface area contributed by atoms with Gasteiger partial charge in [0.1, 0.15) is 6.54 Å². The third-order valence-corrected chi connectivity index (χ3v) is 4.02. The number of halogens is 4. The van der Waals surface area contributed by atoms with Gasteiger partial charge in [-0.15, -0.1) is 0 Å². The number of alkyl halides is 3. The molecule has 126 valence electrons. The lowest BCUT2D eigenvalue weighted by Crippen LogP contribution is -2.36. The van der Waals surface area contributed by atoms with Crippen molar-refractivity contribution in [1.82, 2.24) is 4.90 Å². The Morgan fingerprint density at radius 2 is 2.13 bits per heavy atom. The van der Waals surface area contributed by atoms with Crippen LogP contribution in [0.25, 0.3) is 0 Å². The molecule has 0 aromatic heterocycles. The van der Waals surface area contributed by atoms with Gasteiger partial charge in [0.15, 0.2) is 0 Å². The number of nitrogens with two attached hydrogens (primary N) is 1. The number of aryl methyl sites for hydroxylation is 1. The molecule has 1 saturated heterocycles. The minimum atomic E-state index is -4.48. The number of likely N-dealkylation sites (tertiary alicyclic amines) is 1. The van der Waals surface area contributed by atoms with Gasteiger partial charge in [-0.25, -0.2) is 0 Å². The summed E-state index contributed by atoms with van der Waals surface area (Å²) in [4.78, 5) is 24.5. The number of hydrogen-bond donors (Lipinski definition) is 2. The molecule has 5 nitrogen and oxygen atoms in total. The zero-order valence-corrected chi connectivity index (χ0v) is 13.8. The fourth-order valence-corrected chi connectivity index (χ4v) is 2.98. The van der Waals surface area contributed by atoms with Crippen LogP contribution in [0.3, 0.4) is 0 Å². The molecule has 1 heterocycles. The minimum absolute atomic E-state index is 0.241. The van der Waals surface area contributed by atoms with Gasteiger partial charge in [-0.3, -0.25) is 9.59 Å². The summed E-state index contributed by atoms with van der Waals surface area (Å²) >= 11 is 3.28. The Kier molecular flexibility index (Phi) is 4.88. The second-order valence-corrected chi connectivity index (χ2v) is 6.38. The lowest BCUT2D eigenvalue weighted by atomic mass is 10.1. The Balaban J connectivity index is 2.07. The molecular weight excluding hydrogens is 379 g/mol. The smallest absolute Gasteiger partial charge is 0.397 e. The first-order chi connectivity index (χ1) is 10.6. The molecule has 0 radical (unpaired) electrons. The molecule has 3 N–H and O–H groups in total. The number of nitrogens with zero attached hydrogens (tertiary/aromatic N) is 1. The summed E-state index contributed by atoms with van der Waals surface area (Å²) in [5.41, 5.74) is 7.36. The molecule has 1 atom stereocenters. The summed E-state index contributed by atoms with van der Waals surface area (Å²) in [6, 6.07) is 3.37. The van der Waals surface area contributed by atoms with Crippen molar-refractivity contribution in [2.45, 2.75) is 19.5 Å². The maximum atomic E-state index is 12.4. The third-order valence-electron chi connectivity index (χ3n) is 3.56. The highest BCUT2D eigenvalue weighted by molar-refractivity contribution is 9.10. The normalized spacial score (nSPS) is 18.4. The van der Waals surface area contributed by atoms with Gasteiger partial charge in [-0.2, -0.15) is 13.2 Å². The van der Waals surface area contributed by atoms with Crippen molar-refractivity contribution in [1.29, 1.82) is 0 Å². The first-order valence-corrected chi connectivity index (χ1v) is 7.57. The quantitative estimate of drug-likeness (QED) is 0.775. The predicted octanol–water partition coefficient (Wildman–Crippen LogP) is 2.69. The number of benzene rings is 1. The molecule has 0 bridgehead atoms. The van der Waals surface area contributed by atoms with Crippen LogP contribution in [-0.4, -0.2) is 36.0 Å². The van der Waals surface area contributed by atoms with Crippen molar-refractivity contribution in [3.05, 3.63) is 22.2 Å². The second-order valence-electron chi connectivity index (χ2n) is 5.46. The van der Waals surface area contributed by atoms with Crippen LogP contribution >= 0.6 is 15.9 Å². The van der Waals surface area contributed by atoms with Crippen LogP contribution in [-0.2, 0) is 9.59 Å². The molecule has 0 spiro atoms. The molecule has 1 unspecified atom stereocenters. The van der Waals surface area contributed by atoms with E-state index in [0.29, 0.717) is 20.7 Å². The van der Waals surface area contributed by atoms with Crippen molar-refractivity contribution in [3.8, 4) is 0 Å². The topological polar surface area (TPSA) is 75.4 Å². The first kappa shape index (κ1) is 17.6. The molecule has 1 aromatic rings. The molecule has 2 amide bonds. The van der Waals surface area contributed by atoms with Crippen molar-refractivity contribution in [2.24, 2.45) is 5.92 Å². The highest BCUT2D eigenvalue weighted by atomic mass is 79.9. The number of carbonyl (C=O) groups excluding carboxylic acids is 2. The number of rotatable bonds is 3. The molecule has 9 heteroatoms. The van der Waals surface area contributed by atoms with E-state index in [1.165, 1.54) is 0 Å². The van der Waals surface area contributed by atoms with Crippen LogP contribution in [0.2, 0.25) is 0 Å². The molecule has 0 saturated carbocycles. The Morgan fingerprint density at radius 1 is 1.48 bits per heavy atom. The summed E-state index contributed by atoms with van der Waals surface area (Å²) in [5.74, 6) is -2.03. The van der Waals surface area contributed by atoms with Gasteiger partial charge in [0.25, 0.3) is 0 Å². The highest BCUT2D eigenvalue weighted by Gasteiger charge is 2.40. The Hall–Kier alpha value is -1.77. The van der Waals surface area contributed by atoms with E-state index in [1.807, 2.05) is 0 Å². The molecule has 1 aliphatic rings. The monoisotopic (exact) mass is 393 g/mol. The van der Waals surface area contributed by atoms with Crippen LogP contribution in [0.1, 0.15) is 12.0 Å². The standard InChI is InChI=1S/C14H15BrF3N3O2/c1-7-2-9(15)4-10(12(7)19)20-13(23)8-3-11(22)21(5-8)6-14(16,17)18/h2,4,8H,3,5-6,19H2,1H3,(H,20,23). The van der Waals surface area contributed by atoms with E-state index in [-0.39, 0.29) is 13.0 Å². The number of nitrogen functional groups attached to an aromatic ring is 1. The van der Waals surface area contributed by atoms with Gasteiger partial charge in [-0.1, -0.05) is 15.9 Å².